The Balaban J connectivity index is 2.18. The summed E-state index contributed by atoms with van der Waals surface area (Å²) in [7, 11) is 0. The highest BCUT2D eigenvalue weighted by Crippen LogP contribution is 2.19. The van der Waals surface area contributed by atoms with Gasteiger partial charge in [0.15, 0.2) is 11.5 Å². The Morgan fingerprint density at radius 2 is 1.88 bits per heavy atom. The molecular formula is C12H11N5. The number of nitrogens with zero attached hydrogens (tertiary/aromatic N) is 3. The molecule has 0 bridgehead atoms. The van der Waals surface area contributed by atoms with E-state index >= 15 is 0 Å². The van der Waals surface area contributed by atoms with Crippen LogP contribution in [0.2, 0.25) is 0 Å². The number of fused-ring (bicyclic) bond motifs is 1. The molecule has 0 saturated heterocycles. The van der Waals surface area contributed by atoms with Crippen molar-refractivity contribution in [2.75, 3.05) is 11.5 Å². The number of rotatable bonds is 1. The zero-order chi connectivity index (χ0) is 11.8. The molecule has 4 N–H and O–H groups in total. The molecule has 2 aromatic heterocycles. The minimum absolute atomic E-state index is 0.642. The van der Waals surface area contributed by atoms with E-state index in [1.807, 2.05) is 30.3 Å². The summed E-state index contributed by atoms with van der Waals surface area (Å²) in [4.78, 5) is 4.41. The van der Waals surface area contributed by atoms with Crippen LogP contribution < -0.4 is 11.5 Å². The highest BCUT2D eigenvalue weighted by Gasteiger charge is 2.06. The maximum Gasteiger partial charge on any atom is 0.182 e. The van der Waals surface area contributed by atoms with E-state index in [1.54, 1.807) is 16.8 Å². The molecule has 84 valence electrons. The maximum atomic E-state index is 5.73. The van der Waals surface area contributed by atoms with Crippen LogP contribution in [0, 0.1) is 0 Å². The Labute approximate surface area is 97.7 Å². The van der Waals surface area contributed by atoms with Crippen molar-refractivity contribution >= 4 is 17.0 Å². The van der Waals surface area contributed by atoms with Gasteiger partial charge in [0.25, 0.3) is 0 Å². The number of anilines is 2. The SMILES string of the molecule is Nc1cccc(-c2nc3ccc(N)cn3n2)c1. The summed E-state index contributed by atoms with van der Waals surface area (Å²) in [6.45, 7) is 0. The van der Waals surface area contributed by atoms with Crippen molar-refractivity contribution in [3.05, 3.63) is 42.6 Å². The molecule has 5 nitrogen and oxygen atoms in total. The lowest BCUT2D eigenvalue weighted by molar-refractivity contribution is 0.968. The molecule has 0 radical (unpaired) electrons. The van der Waals surface area contributed by atoms with Gasteiger partial charge in [-0.15, -0.1) is 5.10 Å². The third kappa shape index (κ3) is 1.67. The molecule has 0 fully saturated rings. The molecule has 0 spiro atoms. The van der Waals surface area contributed by atoms with Crippen LogP contribution in [0.4, 0.5) is 11.4 Å². The van der Waals surface area contributed by atoms with Crippen molar-refractivity contribution in [2.24, 2.45) is 0 Å². The molecule has 3 rings (SSSR count). The van der Waals surface area contributed by atoms with Gasteiger partial charge in [-0.05, 0) is 24.3 Å². The predicted molar refractivity (Wildman–Crippen MR) is 67.2 cm³/mol. The number of nitrogens with two attached hydrogens (primary N) is 2. The molecule has 0 atom stereocenters. The molecular weight excluding hydrogens is 214 g/mol. The molecule has 1 aromatic carbocycles. The lowest BCUT2D eigenvalue weighted by Crippen LogP contribution is -1.91. The second-order valence-corrected chi connectivity index (χ2v) is 3.83. The fourth-order valence-corrected chi connectivity index (χ4v) is 1.70. The van der Waals surface area contributed by atoms with Crippen LogP contribution in [0.15, 0.2) is 42.6 Å². The molecule has 0 amide bonds. The van der Waals surface area contributed by atoms with Gasteiger partial charge in [0, 0.05) is 11.3 Å². The number of hydrogen-bond acceptors (Lipinski definition) is 4. The summed E-state index contributed by atoms with van der Waals surface area (Å²) in [6, 6.07) is 11.1. The summed E-state index contributed by atoms with van der Waals surface area (Å²) in [6.07, 6.45) is 1.73. The molecule has 0 aliphatic carbocycles. The van der Waals surface area contributed by atoms with E-state index in [0.717, 1.165) is 11.2 Å². The highest BCUT2D eigenvalue weighted by molar-refractivity contribution is 5.63. The van der Waals surface area contributed by atoms with Crippen LogP contribution in [-0.2, 0) is 0 Å². The Morgan fingerprint density at radius 1 is 1.00 bits per heavy atom. The number of benzene rings is 1. The summed E-state index contributed by atoms with van der Waals surface area (Å²) in [5.41, 5.74) is 14.4. The first kappa shape index (κ1) is 9.65. The Morgan fingerprint density at radius 3 is 2.71 bits per heavy atom. The van der Waals surface area contributed by atoms with E-state index in [2.05, 4.69) is 10.1 Å². The van der Waals surface area contributed by atoms with E-state index < -0.39 is 0 Å². The number of nitrogen functional groups attached to an aromatic ring is 2. The van der Waals surface area contributed by atoms with E-state index in [-0.39, 0.29) is 0 Å². The first-order valence-corrected chi connectivity index (χ1v) is 5.20. The van der Waals surface area contributed by atoms with Crippen LogP contribution in [0.25, 0.3) is 17.0 Å². The second kappa shape index (κ2) is 3.48. The second-order valence-electron chi connectivity index (χ2n) is 3.83. The Hall–Kier alpha value is -2.56. The number of hydrogen-bond donors (Lipinski definition) is 2. The van der Waals surface area contributed by atoms with Crippen LogP contribution in [-0.4, -0.2) is 14.6 Å². The minimum Gasteiger partial charge on any atom is -0.399 e. The van der Waals surface area contributed by atoms with Crippen molar-refractivity contribution in [2.45, 2.75) is 0 Å². The Bertz CT molecular complexity index is 686. The molecule has 3 aromatic rings. The van der Waals surface area contributed by atoms with Crippen molar-refractivity contribution in [3.63, 3.8) is 0 Å². The predicted octanol–water partition coefficient (Wildman–Crippen LogP) is 1.56. The zero-order valence-electron chi connectivity index (χ0n) is 9.04. The van der Waals surface area contributed by atoms with E-state index in [1.165, 1.54) is 0 Å². The van der Waals surface area contributed by atoms with Gasteiger partial charge in [0.1, 0.15) is 0 Å². The lowest BCUT2D eigenvalue weighted by Gasteiger charge is -1.95. The van der Waals surface area contributed by atoms with E-state index in [9.17, 15) is 0 Å². The largest absolute Gasteiger partial charge is 0.399 e. The standard InChI is InChI=1S/C12H11N5/c13-9-3-1-2-8(6-9)12-15-11-5-4-10(14)7-17(11)16-12/h1-7H,13-14H2. The van der Waals surface area contributed by atoms with Crippen molar-refractivity contribution in [1.82, 2.24) is 14.6 Å². The number of aromatic nitrogens is 3. The third-order valence-corrected chi connectivity index (χ3v) is 2.50. The average molecular weight is 225 g/mol. The topological polar surface area (TPSA) is 82.2 Å². The molecule has 5 heteroatoms. The number of pyridine rings is 1. The molecule has 17 heavy (non-hydrogen) atoms. The highest BCUT2D eigenvalue weighted by atomic mass is 15.3. The van der Waals surface area contributed by atoms with Crippen LogP contribution >= 0.6 is 0 Å². The first-order valence-electron chi connectivity index (χ1n) is 5.20. The minimum atomic E-state index is 0.642. The van der Waals surface area contributed by atoms with Crippen molar-refractivity contribution < 1.29 is 0 Å². The van der Waals surface area contributed by atoms with Crippen LogP contribution in [0.1, 0.15) is 0 Å². The van der Waals surface area contributed by atoms with Crippen LogP contribution in [0.3, 0.4) is 0 Å². The molecule has 2 heterocycles. The van der Waals surface area contributed by atoms with Gasteiger partial charge in [0.2, 0.25) is 0 Å². The smallest absolute Gasteiger partial charge is 0.182 e. The average Bonchev–Trinajstić information content (AvgIpc) is 2.72. The normalized spacial score (nSPS) is 10.8. The van der Waals surface area contributed by atoms with Gasteiger partial charge in [0.05, 0.1) is 11.9 Å². The molecule has 0 saturated carbocycles. The molecule has 0 aliphatic heterocycles. The molecule has 0 aliphatic rings. The van der Waals surface area contributed by atoms with Gasteiger partial charge >= 0.3 is 0 Å². The molecule has 0 unspecified atom stereocenters. The zero-order valence-corrected chi connectivity index (χ0v) is 9.04. The van der Waals surface area contributed by atoms with Crippen molar-refractivity contribution in [1.29, 1.82) is 0 Å². The quantitative estimate of drug-likeness (QED) is 0.616. The van der Waals surface area contributed by atoms with Gasteiger partial charge in [-0.2, -0.15) is 0 Å². The first-order chi connectivity index (χ1) is 8.22. The fourth-order valence-electron chi connectivity index (χ4n) is 1.70. The van der Waals surface area contributed by atoms with Crippen molar-refractivity contribution in [3.8, 4) is 11.4 Å². The Kier molecular flexibility index (Phi) is 1.98. The van der Waals surface area contributed by atoms with Gasteiger partial charge in [-0.3, -0.25) is 0 Å². The lowest BCUT2D eigenvalue weighted by atomic mass is 10.2. The fraction of sp³-hybridized carbons (Fsp3) is 0. The third-order valence-electron chi connectivity index (χ3n) is 2.50. The van der Waals surface area contributed by atoms with E-state index in [0.29, 0.717) is 17.2 Å². The summed E-state index contributed by atoms with van der Waals surface area (Å²) in [5, 5.41) is 4.35. The summed E-state index contributed by atoms with van der Waals surface area (Å²) in [5.74, 6) is 0.642. The summed E-state index contributed by atoms with van der Waals surface area (Å²) < 4.78 is 1.66. The van der Waals surface area contributed by atoms with E-state index in [4.69, 9.17) is 11.5 Å². The monoisotopic (exact) mass is 225 g/mol. The van der Waals surface area contributed by atoms with Gasteiger partial charge < -0.3 is 11.5 Å². The summed E-state index contributed by atoms with van der Waals surface area (Å²) >= 11 is 0. The van der Waals surface area contributed by atoms with Gasteiger partial charge in [-0.25, -0.2) is 9.50 Å². The van der Waals surface area contributed by atoms with Gasteiger partial charge in [-0.1, -0.05) is 12.1 Å². The maximum absolute atomic E-state index is 5.73. The van der Waals surface area contributed by atoms with Crippen LogP contribution in [0.5, 0.6) is 0 Å².